The van der Waals surface area contributed by atoms with Gasteiger partial charge in [0.1, 0.15) is 0 Å². The van der Waals surface area contributed by atoms with Crippen LogP contribution >= 0.6 is 0 Å². The van der Waals surface area contributed by atoms with Gasteiger partial charge in [-0.05, 0) is 31.8 Å². The molecule has 0 radical (unpaired) electrons. The van der Waals surface area contributed by atoms with Gasteiger partial charge in [-0.1, -0.05) is 6.92 Å². The molecule has 0 saturated heterocycles. The van der Waals surface area contributed by atoms with Gasteiger partial charge in [-0.3, -0.25) is 4.79 Å². The van der Waals surface area contributed by atoms with Crippen LogP contribution in [-0.4, -0.2) is 50.8 Å². The third-order valence-corrected chi connectivity index (χ3v) is 3.52. The lowest BCUT2D eigenvalue weighted by Gasteiger charge is -2.35. The number of carbonyl (C=O) groups is 1. The first-order valence-electron chi connectivity index (χ1n) is 7.52. The van der Waals surface area contributed by atoms with Crippen molar-refractivity contribution in [2.24, 2.45) is 11.8 Å². The number of hydrogen-bond donors (Lipinski definition) is 2. The maximum absolute atomic E-state index is 12.0. The number of rotatable bonds is 9. The second-order valence-electron chi connectivity index (χ2n) is 5.11. The van der Waals surface area contributed by atoms with E-state index in [9.17, 15) is 4.79 Å². The average molecular weight is 301 g/mol. The van der Waals surface area contributed by atoms with Gasteiger partial charge >= 0.3 is 0 Å². The minimum atomic E-state index is -0.440. The molecule has 2 N–H and O–H groups in total. The molecule has 0 bridgehead atoms. The van der Waals surface area contributed by atoms with Crippen LogP contribution in [0.25, 0.3) is 0 Å². The normalized spacial score (nSPS) is 25.1. The van der Waals surface area contributed by atoms with Crippen molar-refractivity contribution >= 4 is 5.91 Å². The van der Waals surface area contributed by atoms with Crippen LogP contribution in [0.4, 0.5) is 0 Å². The predicted octanol–water partition coefficient (Wildman–Crippen LogP) is 1.05. The number of carbonyl (C=O) groups excluding carboxylic acids is 1. The number of aliphatic hydroxyl groups excluding tert-OH is 1. The molecular weight excluding hydrogens is 274 g/mol. The van der Waals surface area contributed by atoms with E-state index in [4.69, 9.17) is 19.3 Å². The fraction of sp³-hybridized carbons (Fsp3) is 0.800. The summed E-state index contributed by atoms with van der Waals surface area (Å²) >= 11 is 0. The molecule has 0 aromatic carbocycles. The zero-order chi connectivity index (χ0) is 15.7. The van der Waals surface area contributed by atoms with E-state index in [1.54, 1.807) is 7.11 Å². The van der Waals surface area contributed by atoms with Crippen molar-refractivity contribution in [3.8, 4) is 0 Å². The smallest absolute Gasteiger partial charge is 0.286 e. The number of methoxy groups -OCH3 is 1. The van der Waals surface area contributed by atoms with Crippen LogP contribution < -0.4 is 5.32 Å². The first-order chi connectivity index (χ1) is 10.1. The highest BCUT2D eigenvalue weighted by Crippen LogP contribution is 2.32. The summed E-state index contributed by atoms with van der Waals surface area (Å²) in [4.78, 5) is 12.0. The van der Waals surface area contributed by atoms with Crippen molar-refractivity contribution in [3.63, 3.8) is 0 Å². The van der Waals surface area contributed by atoms with Crippen LogP contribution in [0.15, 0.2) is 11.8 Å². The standard InChI is InChI=1S/C15H27NO5/c1-4-20-15-12(6-5-8-17)11(2)10-13(21-15)14(18)16-7-9-19-3/h10-12,15,17H,4-9H2,1-3H3,(H,16,18)/t11-,12+,15+/m0/s1. The zero-order valence-corrected chi connectivity index (χ0v) is 13.1. The second kappa shape index (κ2) is 9.76. The monoisotopic (exact) mass is 301 g/mol. The van der Waals surface area contributed by atoms with E-state index in [1.807, 2.05) is 19.9 Å². The lowest BCUT2D eigenvalue weighted by Crippen LogP contribution is -2.39. The summed E-state index contributed by atoms with van der Waals surface area (Å²) < 4.78 is 16.2. The summed E-state index contributed by atoms with van der Waals surface area (Å²) in [7, 11) is 1.58. The molecule has 0 aliphatic carbocycles. The highest BCUT2D eigenvalue weighted by atomic mass is 16.7. The van der Waals surface area contributed by atoms with Crippen molar-refractivity contribution in [3.05, 3.63) is 11.8 Å². The topological polar surface area (TPSA) is 77.0 Å². The molecular formula is C15H27NO5. The summed E-state index contributed by atoms with van der Waals surface area (Å²) in [5, 5.41) is 11.7. The fourth-order valence-electron chi connectivity index (χ4n) is 2.39. The van der Waals surface area contributed by atoms with Crippen LogP contribution in [0.3, 0.4) is 0 Å². The van der Waals surface area contributed by atoms with Crippen molar-refractivity contribution in [1.82, 2.24) is 5.32 Å². The van der Waals surface area contributed by atoms with Gasteiger partial charge in [0.25, 0.3) is 5.91 Å². The Bertz CT molecular complexity index is 345. The predicted molar refractivity (Wildman–Crippen MR) is 78.4 cm³/mol. The minimum absolute atomic E-state index is 0.146. The molecule has 1 aliphatic rings. The Kier molecular flexibility index (Phi) is 8.34. The van der Waals surface area contributed by atoms with E-state index in [-0.39, 0.29) is 24.3 Å². The summed E-state index contributed by atoms with van der Waals surface area (Å²) in [6, 6.07) is 0. The molecule has 0 saturated carbocycles. The van der Waals surface area contributed by atoms with Gasteiger partial charge in [0, 0.05) is 32.8 Å². The molecule has 1 amide bonds. The maximum atomic E-state index is 12.0. The van der Waals surface area contributed by atoms with Crippen LogP contribution in [0.1, 0.15) is 26.7 Å². The number of aliphatic hydroxyl groups is 1. The molecule has 1 rings (SSSR count). The highest BCUT2D eigenvalue weighted by molar-refractivity contribution is 5.91. The Balaban J connectivity index is 2.68. The van der Waals surface area contributed by atoms with Gasteiger partial charge in [0.05, 0.1) is 6.61 Å². The summed E-state index contributed by atoms with van der Waals surface area (Å²) in [6.07, 6.45) is 2.90. The van der Waals surface area contributed by atoms with Gasteiger partial charge in [0.2, 0.25) is 6.29 Å². The van der Waals surface area contributed by atoms with Crippen LogP contribution in [0.5, 0.6) is 0 Å². The first-order valence-corrected chi connectivity index (χ1v) is 7.52. The van der Waals surface area contributed by atoms with E-state index in [2.05, 4.69) is 5.32 Å². The Morgan fingerprint density at radius 1 is 1.52 bits per heavy atom. The minimum Gasteiger partial charge on any atom is -0.459 e. The summed E-state index contributed by atoms with van der Waals surface area (Å²) in [5.41, 5.74) is 0. The van der Waals surface area contributed by atoms with Crippen LogP contribution in [-0.2, 0) is 19.0 Å². The van der Waals surface area contributed by atoms with E-state index >= 15 is 0 Å². The van der Waals surface area contributed by atoms with E-state index in [0.29, 0.717) is 31.9 Å². The number of amides is 1. The molecule has 122 valence electrons. The number of hydrogen-bond acceptors (Lipinski definition) is 5. The molecule has 0 spiro atoms. The third-order valence-electron chi connectivity index (χ3n) is 3.52. The maximum Gasteiger partial charge on any atom is 0.286 e. The van der Waals surface area contributed by atoms with Crippen LogP contribution in [0, 0.1) is 11.8 Å². The molecule has 6 heteroatoms. The van der Waals surface area contributed by atoms with Crippen molar-refractivity contribution < 1.29 is 24.1 Å². The number of nitrogens with one attached hydrogen (secondary N) is 1. The summed E-state index contributed by atoms with van der Waals surface area (Å²) in [5.74, 6) is 0.360. The molecule has 3 atom stereocenters. The van der Waals surface area contributed by atoms with Gasteiger partial charge in [-0.2, -0.15) is 0 Å². The zero-order valence-electron chi connectivity index (χ0n) is 13.1. The van der Waals surface area contributed by atoms with Gasteiger partial charge < -0.3 is 24.6 Å². The molecule has 0 aromatic rings. The lowest BCUT2D eigenvalue weighted by molar-refractivity contribution is -0.171. The van der Waals surface area contributed by atoms with Crippen molar-refractivity contribution in [2.75, 3.05) is 33.5 Å². The molecule has 6 nitrogen and oxygen atoms in total. The lowest BCUT2D eigenvalue weighted by atomic mass is 9.87. The molecule has 21 heavy (non-hydrogen) atoms. The van der Waals surface area contributed by atoms with Crippen molar-refractivity contribution in [2.45, 2.75) is 33.0 Å². The Labute approximate surface area is 126 Å². The Morgan fingerprint density at radius 3 is 2.90 bits per heavy atom. The number of allylic oxidation sites excluding steroid dienone is 1. The third kappa shape index (κ3) is 5.65. The van der Waals surface area contributed by atoms with E-state index in [0.717, 1.165) is 6.42 Å². The SMILES string of the molecule is CCO[C@@H]1OC(C(=O)NCCOC)=C[C@H](C)[C@H]1CCCO. The van der Waals surface area contributed by atoms with Crippen molar-refractivity contribution in [1.29, 1.82) is 0 Å². The Morgan fingerprint density at radius 2 is 2.29 bits per heavy atom. The molecule has 1 aliphatic heterocycles. The Hall–Kier alpha value is -1.11. The van der Waals surface area contributed by atoms with Crippen LogP contribution in [0.2, 0.25) is 0 Å². The molecule has 0 aromatic heterocycles. The molecule has 0 fully saturated rings. The largest absolute Gasteiger partial charge is 0.459 e. The number of ether oxygens (including phenoxy) is 3. The highest BCUT2D eigenvalue weighted by Gasteiger charge is 2.34. The molecule has 0 unspecified atom stereocenters. The summed E-state index contributed by atoms with van der Waals surface area (Å²) in [6.45, 7) is 5.51. The average Bonchev–Trinajstić information content (AvgIpc) is 2.46. The fourth-order valence-corrected chi connectivity index (χ4v) is 2.39. The molecule has 1 heterocycles. The van der Waals surface area contributed by atoms with E-state index < -0.39 is 6.29 Å². The van der Waals surface area contributed by atoms with Gasteiger partial charge in [-0.25, -0.2) is 0 Å². The second-order valence-corrected chi connectivity index (χ2v) is 5.11. The quantitative estimate of drug-likeness (QED) is 0.623. The first kappa shape index (κ1) is 17.9. The van der Waals surface area contributed by atoms with E-state index in [1.165, 1.54) is 0 Å². The van der Waals surface area contributed by atoms with Gasteiger partial charge in [-0.15, -0.1) is 0 Å². The van der Waals surface area contributed by atoms with Gasteiger partial charge in [0.15, 0.2) is 5.76 Å².